The van der Waals surface area contributed by atoms with Crippen LogP contribution in [0.25, 0.3) is 0 Å². The molecule has 0 radical (unpaired) electrons. The maximum absolute atomic E-state index is 10.2. The van der Waals surface area contributed by atoms with Crippen molar-refractivity contribution in [3.8, 4) is 0 Å². The number of hydrogen-bond donors (Lipinski definition) is 1. The Morgan fingerprint density at radius 1 is 1.23 bits per heavy atom. The standard InChI is InChI=1S/C9H15NO3/c11-8(12)13-10-6-4-9(5-7-10)2-1-3-9/h1-7H2,(H,11,12). The Morgan fingerprint density at radius 3 is 2.23 bits per heavy atom. The van der Waals surface area contributed by atoms with Gasteiger partial charge in [0.15, 0.2) is 0 Å². The number of carboxylic acid groups (broad SMARTS) is 1. The Bertz CT molecular complexity index is 203. The number of rotatable bonds is 1. The molecule has 0 atom stereocenters. The zero-order valence-corrected chi connectivity index (χ0v) is 7.66. The molecule has 74 valence electrons. The molecule has 0 aromatic carbocycles. The SMILES string of the molecule is O=C(O)ON1CCC2(CCC2)CC1. The first kappa shape index (κ1) is 8.81. The minimum atomic E-state index is -1.19. The summed E-state index contributed by atoms with van der Waals surface area (Å²) in [5, 5.41) is 9.96. The van der Waals surface area contributed by atoms with Crippen LogP contribution in [0.15, 0.2) is 0 Å². The first-order valence-electron chi connectivity index (χ1n) is 4.86. The van der Waals surface area contributed by atoms with Gasteiger partial charge >= 0.3 is 6.16 Å². The normalized spacial score (nSPS) is 26.8. The van der Waals surface area contributed by atoms with Gasteiger partial charge in [0.05, 0.1) is 0 Å². The molecule has 4 heteroatoms. The molecule has 1 saturated carbocycles. The molecule has 2 fully saturated rings. The molecule has 1 N–H and O–H groups in total. The monoisotopic (exact) mass is 185 g/mol. The molecule has 0 aromatic rings. The molecule has 13 heavy (non-hydrogen) atoms. The fourth-order valence-corrected chi connectivity index (χ4v) is 2.34. The lowest BCUT2D eigenvalue weighted by molar-refractivity contribution is -0.155. The van der Waals surface area contributed by atoms with Crippen molar-refractivity contribution in [2.75, 3.05) is 13.1 Å². The van der Waals surface area contributed by atoms with Crippen molar-refractivity contribution < 1.29 is 14.7 Å². The van der Waals surface area contributed by atoms with E-state index in [0.29, 0.717) is 5.41 Å². The number of piperidine rings is 1. The van der Waals surface area contributed by atoms with Gasteiger partial charge in [0.1, 0.15) is 0 Å². The smallest absolute Gasteiger partial charge is 0.448 e. The fraction of sp³-hybridized carbons (Fsp3) is 0.889. The summed E-state index contributed by atoms with van der Waals surface area (Å²) in [7, 11) is 0. The molecule has 0 aromatic heterocycles. The molecule has 2 aliphatic rings. The van der Waals surface area contributed by atoms with E-state index in [1.54, 1.807) is 5.06 Å². The highest BCUT2D eigenvalue weighted by molar-refractivity contribution is 5.56. The van der Waals surface area contributed by atoms with Crippen molar-refractivity contribution >= 4 is 6.16 Å². The van der Waals surface area contributed by atoms with Crippen LogP contribution in [0.4, 0.5) is 4.79 Å². The van der Waals surface area contributed by atoms with Gasteiger partial charge in [-0.05, 0) is 31.1 Å². The Labute approximate surface area is 77.4 Å². The zero-order valence-electron chi connectivity index (χ0n) is 7.66. The van der Waals surface area contributed by atoms with E-state index in [9.17, 15) is 4.79 Å². The highest BCUT2D eigenvalue weighted by Crippen LogP contribution is 2.48. The van der Waals surface area contributed by atoms with Crippen molar-refractivity contribution in [2.45, 2.75) is 32.1 Å². The van der Waals surface area contributed by atoms with Crippen molar-refractivity contribution in [1.29, 1.82) is 0 Å². The van der Waals surface area contributed by atoms with Gasteiger partial charge < -0.3 is 9.94 Å². The van der Waals surface area contributed by atoms with Crippen LogP contribution in [0.3, 0.4) is 0 Å². The summed E-state index contributed by atoms with van der Waals surface area (Å²) in [5.41, 5.74) is 0.554. The lowest BCUT2D eigenvalue weighted by atomic mass is 9.63. The van der Waals surface area contributed by atoms with Gasteiger partial charge in [-0.3, -0.25) is 0 Å². The van der Waals surface area contributed by atoms with Gasteiger partial charge in [-0.25, -0.2) is 4.79 Å². The minimum Gasteiger partial charge on any atom is -0.448 e. The third-order valence-electron chi connectivity index (χ3n) is 3.40. The summed E-state index contributed by atoms with van der Waals surface area (Å²) >= 11 is 0. The summed E-state index contributed by atoms with van der Waals surface area (Å²) in [4.78, 5) is 14.9. The highest BCUT2D eigenvalue weighted by atomic mass is 16.8. The van der Waals surface area contributed by atoms with E-state index in [0.717, 1.165) is 25.9 Å². The second-order valence-electron chi connectivity index (χ2n) is 4.14. The maximum Gasteiger partial charge on any atom is 0.525 e. The molecule has 4 nitrogen and oxygen atoms in total. The van der Waals surface area contributed by atoms with Crippen LogP contribution in [0.2, 0.25) is 0 Å². The molecule has 1 saturated heterocycles. The third-order valence-corrected chi connectivity index (χ3v) is 3.40. The Morgan fingerprint density at radius 2 is 1.85 bits per heavy atom. The number of nitrogens with zero attached hydrogens (tertiary/aromatic N) is 1. The van der Waals surface area contributed by atoms with E-state index in [1.807, 2.05) is 0 Å². The zero-order chi connectivity index (χ0) is 9.31. The average molecular weight is 185 g/mol. The van der Waals surface area contributed by atoms with Crippen molar-refractivity contribution in [1.82, 2.24) is 5.06 Å². The molecular weight excluding hydrogens is 170 g/mol. The third kappa shape index (κ3) is 1.77. The molecule has 0 amide bonds. The second-order valence-corrected chi connectivity index (χ2v) is 4.14. The van der Waals surface area contributed by atoms with Gasteiger partial charge in [0.2, 0.25) is 0 Å². The maximum atomic E-state index is 10.2. The Balaban J connectivity index is 1.79. The van der Waals surface area contributed by atoms with Crippen LogP contribution in [0.1, 0.15) is 32.1 Å². The summed E-state index contributed by atoms with van der Waals surface area (Å²) < 4.78 is 0. The molecule has 0 unspecified atom stereocenters. The van der Waals surface area contributed by atoms with Gasteiger partial charge in [0.25, 0.3) is 0 Å². The van der Waals surface area contributed by atoms with Crippen LogP contribution in [-0.2, 0) is 4.84 Å². The predicted molar refractivity (Wildman–Crippen MR) is 46.2 cm³/mol. The van der Waals surface area contributed by atoms with E-state index >= 15 is 0 Å². The molecular formula is C9H15NO3. The van der Waals surface area contributed by atoms with Crippen LogP contribution < -0.4 is 0 Å². The minimum absolute atomic E-state index is 0.554. The van der Waals surface area contributed by atoms with Gasteiger partial charge in [0, 0.05) is 13.1 Å². The molecule has 1 spiro atoms. The second kappa shape index (κ2) is 3.18. The largest absolute Gasteiger partial charge is 0.525 e. The van der Waals surface area contributed by atoms with Crippen molar-refractivity contribution in [3.63, 3.8) is 0 Å². The molecule has 2 rings (SSSR count). The van der Waals surface area contributed by atoms with Gasteiger partial charge in [-0.15, -0.1) is 5.06 Å². The first-order valence-corrected chi connectivity index (χ1v) is 4.86. The number of hydroxylamine groups is 2. The molecule has 1 heterocycles. The molecule has 0 bridgehead atoms. The summed E-state index contributed by atoms with van der Waals surface area (Å²) in [5.74, 6) is 0. The number of hydrogen-bond acceptors (Lipinski definition) is 3. The fourth-order valence-electron chi connectivity index (χ4n) is 2.34. The van der Waals surface area contributed by atoms with Gasteiger partial charge in [-0.1, -0.05) is 6.42 Å². The van der Waals surface area contributed by atoms with E-state index < -0.39 is 6.16 Å². The average Bonchev–Trinajstić information content (AvgIpc) is 2.02. The van der Waals surface area contributed by atoms with E-state index in [2.05, 4.69) is 4.84 Å². The van der Waals surface area contributed by atoms with Crippen LogP contribution >= 0.6 is 0 Å². The van der Waals surface area contributed by atoms with Gasteiger partial charge in [-0.2, -0.15) is 0 Å². The topological polar surface area (TPSA) is 49.8 Å². The first-order chi connectivity index (χ1) is 6.20. The predicted octanol–water partition coefficient (Wildman–Crippen LogP) is 1.86. The van der Waals surface area contributed by atoms with Crippen LogP contribution in [-0.4, -0.2) is 29.4 Å². The lowest BCUT2D eigenvalue weighted by Gasteiger charge is -2.46. The van der Waals surface area contributed by atoms with Crippen molar-refractivity contribution in [3.05, 3.63) is 0 Å². The lowest BCUT2D eigenvalue weighted by Crippen LogP contribution is -2.44. The van der Waals surface area contributed by atoms with Crippen LogP contribution in [0.5, 0.6) is 0 Å². The molecule has 1 aliphatic heterocycles. The summed E-state index contributed by atoms with van der Waals surface area (Å²) in [6, 6.07) is 0. The summed E-state index contributed by atoms with van der Waals surface area (Å²) in [6.07, 6.45) is 5.01. The Kier molecular flexibility index (Phi) is 2.15. The van der Waals surface area contributed by atoms with E-state index in [4.69, 9.17) is 5.11 Å². The quantitative estimate of drug-likeness (QED) is 0.677. The highest BCUT2D eigenvalue weighted by Gasteiger charge is 2.40. The van der Waals surface area contributed by atoms with Crippen molar-refractivity contribution in [2.24, 2.45) is 5.41 Å². The van der Waals surface area contributed by atoms with E-state index in [-0.39, 0.29) is 0 Å². The van der Waals surface area contributed by atoms with Crippen LogP contribution in [0, 0.1) is 5.41 Å². The Hall–Kier alpha value is -0.770. The summed E-state index contributed by atoms with van der Waals surface area (Å²) in [6.45, 7) is 1.54. The number of carbonyl (C=O) groups is 1. The molecule has 1 aliphatic carbocycles. The van der Waals surface area contributed by atoms with E-state index in [1.165, 1.54) is 19.3 Å².